The lowest BCUT2D eigenvalue weighted by Gasteiger charge is -2.14. The standard InChI is InChI=1S/C11H15NO3/c1-8(6-12-2)15-9-3-4-10-11(5-9)14-7-13-10/h3-5,8,12H,6-7H2,1-2H3. The third kappa shape index (κ3) is 2.33. The highest BCUT2D eigenvalue weighted by Gasteiger charge is 2.14. The second-order valence-corrected chi connectivity index (χ2v) is 3.50. The number of nitrogens with one attached hydrogen (secondary N) is 1. The molecule has 1 atom stereocenters. The summed E-state index contributed by atoms with van der Waals surface area (Å²) < 4.78 is 16.2. The molecule has 4 nitrogen and oxygen atoms in total. The van der Waals surface area contributed by atoms with Crippen LogP contribution in [-0.2, 0) is 0 Å². The van der Waals surface area contributed by atoms with Crippen LogP contribution < -0.4 is 19.5 Å². The smallest absolute Gasteiger partial charge is 0.231 e. The normalized spacial score (nSPS) is 15.1. The Morgan fingerprint density at radius 1 is 1.40 bits per heavy atom. The van der Waals surface area contributed by atoms with Crippen LogP contribution in [0, 0.1) is 0 Å². The average molecular weight is 209 g/mol. The zero-order chi connectivity index (χ0) is 10.7. The third-order valence-electron chi connectivity index (χ3n) is 2.17. The van der Waals surface area contributed by atoms with Gasteiger partial charge >= 0.3 is 0 Å². The molecule has 0 saturated heterocycles. The molecule has 0 aromatic heterocycles. The highest BCUT2D eigenvalue weighted by atomic mass is 16.7. The van der Waals surface area contributed by atoms with E-state index in [0.29, 0.717) is 6.79 Å². The molecule has 1 N–H and O–H groups in total. The SMILES string of the molecule is CNCC(C)Oc1ccc2c(c1)OCO2. The maximum absolute atomic E-state index is 5.68. The number of hydrogen-bond donors (Lipinski definition) is 1. The van der Waals surface area contributed by atoms with Gasteiger partial charge in [0.05, 0.1) is 0 Å². The van der Waals surface area contributed by atoms with Crippen LogP contribution in [0.4, 0.5) is 0 Å². The Kier molecular flexibility index (Phi) is 2.97. The molecule has 1 unspecified atom stereocenters. The molecule has 0 bridgehead atoms. The van der Waals surface area contributed by atoms with E-state index < -0.39 is 0 Å². The van der Waals surface area contributed by atoms with E-state index in [9.17, 15) is 0 Å². The maximum atomic E-state index is 5.68. The van der Waals surface area contributed by atoms with E-state index in [1.807, 2.05) is 32.2 Å². The lowest BCUT2D eigenvalue weighted by Crippen LogP contribution is -2.25. The van der Waals surface area contributed by atoms with E-state index in [2.05, 4.69) is 5.32 Å². The van der Waals surface area contributed by atoms with Crippen LogP contribution in [0.5, 0.6) is 17.2 Å². The van der Waals surface area contributed by atoms with E-state index in [-0.39, 0.29) is 6.10 Å². The second-order valence-electron chi connectivity index (χ2n) is 3.50. The minimum Gasteiger partial charge on any atom is -0.489 e. The number of rotatable bonds is 4. The Morgan fingerprint density at radius 2 is 2.20 bits per heavy atom. The molecule has 0 amide bonds. The van der Waals surface area contributed by atoms with E-state index in [4.69, 9.17) is 14.2 Å². The summed E-state index contributed by atoms with van der Waals surface area (Å²) in [5.74, 6) is 2.34. The van der Waals surface area contributed by atoms with Crippen molar-refractivity contribution in [2.24, 2.45) is 0 Å². The van der Waals surface area contributed by atoms with Gasteiger partial charge < -0.3 is 19.5 Å². The van der Waals surface area contributed by atoms with Gasteiger partial charge in [0.2, 0.25) is 6.79 Å². The largest absolute Gasteiger partial charge is 0.489 e. The molecular weight excluding hydrogens is 194 g/mol. The summed E-state index contributed by atoms with van der Waals surface area (Å²) >= 11 is 0. The van der Waals surface area contributed by atoms with Gasteiger partial charge in [-0.1, -0.05) is 0 Å². The molecule has 1 aliphatic rings. The second kappa shape index (κ2) is 4.40. The fourth-order valence-corrected chi connectivity index (χ4v) is 1.51. The van der Waals surface area contributed by atoms with Gasteiger partial charge in [-0.3, -0.25) is 0 Å². The average Bonchev–Trinajstić information content (AvgIpc) is 2.65. The number of fused-ring (bicyclic) bond motifs is 1. The van der Waals surface area contributed by atoms with Crippen LogP contribution in [0.1, 0.15) is 6.92 Å². The first-order valence-electron chi connectivity index (χ1n) is 5.00. The topological polar surface area (TPSA) is 39.7 Å². The molecule has 82 valence electrons. The van der Waals surface area contributed by atoms with Crippen molar-refractivity contribution in [2.45, 2.75) is 13.0 Å². The monoisotopic (exact) mass is 209 g/mol. The molecule has 4 heteroatoms. The Balaban J connectivity index is 2.03. The van der Waals surface area contributed by atoms with Gasteiger partial charge in [-0.2, -0.15) is 0 Å². The summed E-state index contributed by atoms with van der Waals surface area (Å²) in [5.41, 5.74) is 0. The first-order chi connectivity index (χ1) is 7.29. The van der Waals surface area contributed by atoms with Gasteiger partial charge in [0.25, 0.3) is 0 Å². The molecule has 1 heterocycles. The van der Waals surface area contributed by atoms with Crippen molar-refractivity contribution in [3.8, 4) is 17.2 Å². The number of benzene rings is 1. The van der Waals surface area contributed by atoms with Crippen LogP contribution in [0.25, 0.3) is 0 Å². The van der Waals surface area contributed by atoms with Crippen molar-refractivity contribution in [1.82, 2.24) is 5.32 Å². The van der Waals surface area contributed by atoms with Crippen LogP contribution >= 0.6 is 0 Å². The summed E-state index contributed by atoms with van der Waals surface area (Å²) in [5, 5.41) is 3.06. The minimum absolute atomic E-state index is 0.135. The van der Waals surface area contributed by atoms with Crippen molar-refractivity contribution in [3.05, 3.63) is 18.2 Å². The zero-order valence-corrected chi connectivity index (χ0v) is 8.95. The maximum Gasteiger partial charge on any atom is 0.231 e. The molecule has 1 aromatic carbocycles. The first-order valence-corrected chi connectivity index (χ1v) is 5.00. The highest BCUT2D eigenvalue weighted by molar-refractivity contribution is 5.46. The first kappa shape index (κ1) is 10.1. The predicted molar refractivity (Wildman–Crippen MR) is 56.6 cm³/mol. The highest BCUT2D eigenvalue weighted by Crippen LogP contribution is 2.35. The lowest BCUT2D eigenvalue weighted by molar-refractivity contribution is 0.173. The fourth-order valence-electron chi connectivity index (χ4n) is 1.51. The van der Waals surface area contributed by atoms with Crippen LogP contribution in [-0.4, -0.2) is 26.5 Å². The van der Waals surface area contributed by atoms with Gasteiger partial charge in [-0.15, -0.1) is 0 Å². The molecule has 0 fully saturated rings. The summed E-state index contributed by atoms with van der Waals surface area (Å²) in [6.45, 7) is 3.13. The summed E-state index contributed by atoms with van der Waals surface area (Å²) in [7, 11) is 1.90. The Hall–Kier alpha value is -1.42. The van der Waals surface area contributed by atoms with Gasteiger partial charge in [-0.25, -0.2) is 0 Å². The van der Waals surface area contributed by atoms with Crippen molar-refractivity contribution in [2.75, 3.05) is 20.4 Å². The van der Waals surface area contributed by atoms with Gasteiger partial charge in [-0.05, 0) is 26.1 Å². The molecule has 0 radical (unpaired) electrons. The van der Waals surface area contributed by atoms with Crippen molar-refractivity contribution < 1.29 is 14.2 Å². The van der Waals surface area contributed by atoms with Gasteiger partial charge in [0, 0.05) is 12.6 Å². The molecule has 0 aliphatic carbocycles. The summed E-state index contributed by atoms with van der Waals surface area (Å²) in [6.07, 6.45) is 0.135. The van der Waals surface area contributed by atoms with Crippen molar-refractivity contribution >= 4 is 0 Å². The molecule has 15 heavy (non-hydrogen) atoms. The Labute approximate surface area is 89.1 Å². The predicted octanol–water partition coefficient (Wildman–Crippen LogP) is 1.40. The van der Waals surface area contributed by atoms with E-state index in [0.717, 1.165) is 23.8 Å². The third-order valence-corrected chi connectivity index (χ3v) is 2.17. The van der Waals surface area contributed by atoms with E-state index >= 15 is 0 Å². The molecule has 2 rings (SSSR count). The van der Waals surface area contributed by atoms with Crippen LogP contribution in [0.15, 0.2) is 18.2 Å². The lowest BCUT2D eigenvalue weighted by atomic mass is 10.3. The molecule has 0 saturated carbocycles. The Morgan fingerprint density at radius 3 is 3.00 bits per heavy atom. The number of likely N-dealkylation sites (N-methyl/N-ethyl adjacent to an activating group) is 1. The Bertz CT molecular complexity index is 341. The molecule has 1 aromatic rings. The zero-order valence-electron chi connectivity index (χ0n) is 8.95. The van der Waals surface area contributed by atoms with Crippen LogP contribution in [0.3, 0.4) is 0 Å². The molecular formula is C11H15NO3. The molecule has 1 aliphatic heterocycles. The van der Waals surface area contributed by atoms with Gasteiger partial charge in [0.15, 0.2) is 11.5 Å². The van der Waals surface area contributed by atoms with Crippen molar-refractivity contribution in [1.29, 1.82) is 0 Å². The molecule has 0 spiro atoms. The van der Waals surface area contributed by atoms with Crippen molar-refractivity contribution in [3.63, 3.8) is 0 Å². The van der Waals surface area contributed by atoms with Gasteiger partial charge in [0.1, 0.15) is 11.9 Å². The summed E-state index contributed by atoms with van der Waals surface area (Å²) in [4.78, 5) is 0. The van der Waals surface area contributed by atoms with E-state index in [1.54, 1.807) is 0 Å². The fraction of sp³-hybridized carbons (Fsp3) is 0.455. The van der Waals surface area contributed by atoms with Crippen LogP contribution in [0.2, 0.25) is 0 Å². The number of hydrogen-bond acceptors (Lipinski definition) is 4. The number of ether oxygens (including phenoxy) is 3. The quantitative estimate of drug-likeness (QED) is 0.813. The van der Waals surface area contributed by atoms with E-state index in [1.165, 1.54) is 0 Å². The summed E-state index contributed by atoms with van der Waals surface area (Å²) in [6, 6.07) is 5.61. The minimum atomic E-state index is 0.135.